The second kappa shape index (κ2) is 2.91. The highest BCUT2D eigenvalue weighted by molar-refractivity contribution is 5.70. The minimum Gasteiger partial charge on any atom is -0.397 e. The Labute approximate surface area is 76.9 Å². The molecular formula is C10H13FN2. The van der Waals surface area contributed by atoms with E-state index in [1.807, 2.05) is 0 Å². The molecule has 0 radical (unpaired) electrons. The van der Waals surface area contributed by atoms with Crippen LogP contribution in [0.3, 0.4) is 0 Å². The molecule has 2 rings (SSSR count). The van der Waals surface area contributed by atoms with Crippen LogP contribution in [-0.4, -0.2) is 6.04 Å². The Balaban J connectivity index is 2.34. The van der Waals surface area contributed by atoms with Gasteiger partial charge in [-0.1, -0.05) is 0 Å². The van der Waals surface area contributed by atoms with Gasteiger partial charge in [0, 0.05) is 11.6 Å². The zero-order valence-electron chi connectivity index (χ0n) is 7.60. The number of nitrogen functional groups attached to an aromatic ring is 1. The van der Waals surface area contributed by atoms with E-state index < -0.39 is 0 Å². The largest absolute Gasteiger partial charge is 0.397 e. The van der Waals surface area contributed by atoms with Gasteiger partial charge in [0.2, 0.25) is 0 Å². The van der Waals surface area contributed by atoms with Crippen LogP contribution in [0.25, 0.3) is 0 Å². The highest BCUT2D eigenvalue weighted by Gasteiger charge is 2.22. The van der Waals surface area contributed by atoms with Crippen LogP contribution in [0.4, 0.5) is 15.8 Å². The van der Waals surface area contributed by atoms with Crippen molar-refractivity contribution in [1.82, 2.24) is 0 Å². The molecule has 70 valence electrons. The maximum atomic E-state index is 13.1. The first-order chi connectivity index (χ1) is 6.18. The summed E-state index contributed by atoms with van der Waals surface area (Å²) in [7, 11) is 0. The van der Waals surface area contributed by atoms with E-state index in [-0.39, 0.29) is 5.82 Å². The summed E-state index contributed by atoms with van der Waals surface area (Å²) >= 11 is 0. The molecule has 13 heavy (non-hydrogen) atoms. The number of hydrogen-bond donors (Lipinski definition) is 2. The number of nitrogens with two attached hydrogens (primary N) is 1. The number of nitrogens with one attached hydrogen (secondary N) is 1. The van der Waals surface area contributed by atoms with E-state index in [4.69, 9.17) is 5.73 Å². The summed E-state index contributed by atoms with van der Waals surface area (Å²) < 4.78 is 13.1. The van der Waals surface area contributed by atoms with Gasteiger partial charge >= 0.3 is 0 Å². The van der Waals surface area contributed by atoms with E-state index in [9.17, 15) is 4.39 Å². The minimum atomic E-state index is -0.197. The summed E-state index contributed by atoms with van der Waals surface area (Å²) in [5, 5.41) is 3.23. The van der Waals surface area contributed by atoms with Gasteiger partial charge in [-0.2, -0.15) is 0 Å². The standard InChI is InChI=1S/C10H13FN2/c1-6-8(11)4-5-9(12)10(6)13-7-2-3-7/h4-5,7,13H,2-3,12H2,1H3. The number of halogens is 1. The van der Waals surface area contributed by atoms with Gasteiger partial charge in [0.05, 0.1) is 11.4 Å². The van der Waals surface area contributed by atoms with Crippen LogP contribution in [-0.2, 0) is 0 Å². The molecule has 0 bridgehead atoms. The molecule has 0 aromatic heterocycles. The average Bonchev–Trinajstić information content (AvgIpc) is 2.89. The number of hydrogen-bond acceptors (Lipinski definition) is 2. The summed E-state index contributed by atoms with van der Waals surface area (Å²) in [6.45, 7) is 1.75. The highest BCUT2D eigenvalue weighted by atomic mass is 19.1. The lowest BCUT2D eigenvalue weighted by Crippen LogP contribution is -2.06. The minimum absolute atomic E-state index is 0.197. The first kappa shape index (κ1) is 8.35. The SMILES string of the molecule is Cc1c(F)ccc(N)c1NC1CC1. The monoisotopic (exact) mass is 180 g/mol. The molecule has 3 N–H and O–H groups in total. The Hall–Kier alpha value is -1.25. The van der Waals surface area contributed by atoms with E-state index in [0.717, 1.165) is 18.5 Å². The molecule has 0 heterocycles. The fraction of sp³-hybridized carbons (Fsp3) is 0.400. The Morgan fingerprint density at radius 2 is 2.15 bits per heavy atom. The van der Waals surface area contributed by atoms with Gasteiger partial charge < -0.3 is 11.1 Å². The maximum absolute atomic E-state index is 13.1. The first-order valence-electron chi connectivity index (χ1n) is 4.49. The van der Waals surface area contributed by atoms with Crippen molar-refractivity contribution < 1.29 is 4.39 Å². The molecule has 0 spiro atoms. The maximum Gasteiger partial charge on any atom is 0.128 e. The summed E-state index contributed by atoms with van der Waals surface area (Å²) in [6.07, 6.45) is 2.32. The average molecular weight is 180 g/mol. The van der Waals surface area contributed by atoms with Crippen LogP contribution in [0, 0.1) is 12.7 Å². The van der Waals surface area contributed by atoms with Gasteiger partial charge in [-0.05, 0) is 31.9 Å². The molecule has 1 saturated carbocycles. The van der Waals surface area contributed by atoms with E-state index in [2.05, 4.69) is 5.32 Å². The molecule has 0 atom stereocenters. The zero-order valence-corrected chi connectivity index (χ0v) is 7.60. The lowest BCUT2D eigenvalue weighted by atomic mass is 10.1. The molecule has 0 unspecified atom stereocenters. The van der Waals surface area contributed by atoms with Crippen molar-refractivity contribution in [2.45, 2.75) is 25.8 Å². The topological polar surface area (TPSA) is 38.0 Å². The smallest absolute Gasteiger partial charge is 0.128 e. The zero-order chi connectivity index (χ0) is 9.42. The molecule has 1 aliphatic carbocycles. The molecule has 1 aliphatic rings. The van der Waals surface area contributed by atoms with Crippen molar-refractivity contribution in [1.29, 1.82) is 0 Å². The van der Waals surface area contributed by atoms with Crippen LogP contribution < -0.4 is 11.1 Å². The second-order valence-corrected chi connectivity index (χ2v) is 3.56. The van der Waals surface area contributed by atoms with E-state index in [1.165, 1.54) is 6.07 Å². The Kier molecular flexibility index (Phi) is 1.87. The molecule has 0 saturated heterocycles. The lowest BCUT2D eigenvalue weighted by Gasteiger charge is -2.11. The van der Waals surface area contributed by atoms with Crippen LogP contribution in [0.2, 0.25) is 0 Å². The van der Waals surface area contributed by atoms with Crippen LogP contribution >= 0.6 is 0 Å². The molecule has 0 aliphatic heterocycles. The number of benzene rings is 1. The van der Waals surface area contributed by atoms with Gasteiger partial charge in [0.1, 0.15) is 5.82 Å². The van der Waals surface area contributed by atoms with E-state index in [0.29, 0.717) is 17.3 Å². The summed E-state index contributed by atoms with van der Waals surface area (Å²) in [5.41, 5.74) is 7.75. The van der Waals surface area contributed by atoms with Crippen molar-refractivity contribution in [2.75, 3.05) is 11.1 Å². The molecule has 2 nitrogen and oxygen atoms in total. The van der Waals surface area contributed by atoms with Crippen LogP contribution in [0.1, 0.15) is 18.4 Å². The van der Waals surface area contributed by atoms with Gasteiger partial charge in [-0.3, -0.25) is 0 Å². The van der Waals surface area contributed by atoms with Crippen LogP contribution in [0.15, 0.2) is 12.1 Å². The van der Waals surface area contributed by atoms with Gasteiger partial charge in [-0.15, -0.1) is 0 Å². The summed E-state index contributed by atoms with van der Waals surface area (Å²) in [5.74, 6) is -0.197. The normalized spacial score (nSPS) is 15.8. The van der Waals surface area contributed by atoms with Gasteiger partial charge in [-0.25, -0.2) is 4.39 Å². The Morgan fingerprint density at radius 1 is 1.46 bits per heavy atom. The molecular weight excluding hydrogens is 167 g/mol. The quantitative estimate of drug-likeness (QED) is 0.685. The van der Waals surface area contributed by atoms with E-state index in [1.54, 1.807) is 13.0 Å². The Bertz CT molecular complexity index is 332. The number of anilines is 2. The van der Waals surface area contributed by atoms with Crippen molar-refractivity contribution in [3.63, 3.8) is 0 Å². The fourth-order valence-electron chi connectivity index (χ4n) is 1.33. The lowest BCUT2D eigenvalue weighted by molar-refractivity contribution is 0.619. The second-order valence-electron chi connectivity index (χ2n) is 3.56. The van der Waals surface area contributed by atoms with Crippen LogP contribution in [0.5, 0.6) is 0 Å². The third-order valence-corrected chi connectivity index (χ3v) is 2.36. The van der Waals surface area contributed by atoms with Gasteiger partial charge in [0.25, 0.3) is 0 Å². The first-order valence-corrected chi connectivity index (χ1v) is 4.49. The highest BCUT2D eigenvalue weighted by Crippen LogP contribution is 2.31. The number of rotatable bonds is 2. The van der Waals surface area contributed by atoms with Crippen molar-refractivity contribution >= 4 is 11.4 Å². The van der Waals surface area contributed by atoms with Crippen molar-refractivity contribution in [3.05, 3.63) is 23.5 Å². The molecule has 1 aromatic carbocycles. The molecule has 3 heteroatoms. The predicted molar refractivity (Wildman–Crippen MR) is 52.2 cm³/mol. The molecule has 1 fully saturated rings. The fourth-order valence-corrected chi connectivity index (χ4v) is 1.33. The summed E-state index contributed by atoms with van der Waals surface area (Å²) in [4.78, 5) is 0. The molecule has 1 aromatic rings. The van der Waals surface area contributed by atoms with Crippen molar-refractivity contribution in [2.24, 2.45) is 0 Å². The third-order valence-electron chi connectivity index (χ3n) is 2.36. The van der Waals surface area contributed by atoms with Crippen molar-refractivity contribution in [3.8, 4) is 0 Å². The summed E-state index contributed by atoms with van der Waals surface area (Å²) in [6, 6.07) is 3.51. The molecule has 0 amide bonds. The van der Waals surface area contributed by atoms with Gasteiger partial charge in [0.15, 0.2) is 0 Å². The predicted octanol–water partition coefficient (Wildman–Crippen LogP) is 2.29. The van der Waals surface area contributed by atoms with E-state index >= 15 is 0 Å². The third kappa shape index (κ3) is 1.59. The Morgan fingerprint density at radius 3 is 2.77 bits per heavy atom.